The van der Waals surface area contributed by atoms with Crippen LogP contribution in [0.4, 0.5) is 0 Å². The van der Waals surface area contributed by atoms with Gasteiger partial charge in [0.05, 0.1) is 0 Å². The van der Waals surface area contributed by atoms with Gasteiger partial charge in [-0.25, -0.2) is 0 Å². The highest BCUT2D eigenvalue weighted by atomic mass is 15.0. The summed E-state index contributed by atoms with van der Waals surface area (Å²) in [6.45, 7) is 8.42. The molecule has 20 heavy (non-hydrogen) atoms. The van der Waals surface area contributed by atoms with Gasteiger partial charge in [0.25, 0.3) is 0 Å². The smallest absolute Gasteiger partial charge is 0.0488 e. The van der Waals surface area contributed by atoms with Crippen molar-refractivity contribution in [1.29, 1.82) is 0 Å². The number of hydrogen-bond donors (Lipinski definition) is 2. The highest BCUT2D eigenvalue weighted by Crippen LogP contribution is 2.31. The minimum absolute atomic E-state index is 0.770. The number of rotatable bonds is 5. The fraction of sp³-hybridized carbons (Fsp3) is 0.529. The van der Waals surface area contributed by atoms with Crippen LogP contribution in [0.3, 0.4) is 0 Å². The van der Waals surface area contributed by atoms with Crippen LogP contribution in [0.15, 0.2) is 12.1 Å². The Bertz CT molecular complexity index is 625. The van der Waals surface area contributed by atoms with Crippen molar-refractivity contribution in [3.8, 4) is 0 Å². The van der Waals surface area contributed by atoms with Crippen molar-refractivity contribution in [2.24, 2.45) is 5.73 Å². The van der Waals surface area contributed by atoms with Crippen molar-refractivity contribution in [2.75, 3.05) is 6.54 Å². The van der Waals surface area contributed by atoms with Gasteiger partial charge in [-0.05, 0) is 61.6 Å². The third-order valence-electron chi connectivity index (χ3n) is 4.48. The van der Waals surface area contributed by atoms with Crippen LogP contribution in [-0.4, -0.2) is 11.1 Å². The van der Waals surface area contributed by atoms with Gasteiger partial charge in [-0.2, -0.15) is 0 Å². The molecule has 1 aromatic heterocycles. The van der Waals surface area contributed by atoms with Crippen molar-refractivity contribution in [3.63, 3.8) is 0 Å². The summed E-state index contributed by atoms with van der Waals surface area (Å²) in [6, 6.07) is 4.81. The van der Waals surface area contributed by atoms with Gasteiger partial charge >= 0.3 is 0 Å². The second-order valence-corrected chi connectivity index (χ2v) is 5.85. The Kier molecular flexibility index (Phi) is 3.81. The van der Waals surface area contributed by atoms with E-state index in [2.05, 4.69) is 35.9 Å². The molecule has 108 valence electrons. The van der Waals surface area contributed by atoms with Gasteiger partial charge in [0, 0.05) is 36.2 Å². The zero-order valence-electron chi connectivity index (χ0n) is 12.6. The predicted molar refractivity (Wildman–Crippen MR) is 84.9 cm³/mol. The van der Waals surface area contributed by atoms with Crippen LogP contribution in [0.1, 0.15) is 42.1 Å². The number of hydrogen-bond acceptors (Lipinski definition) is 2. The average molecular weight is 271 g/mol. The SMILES string of the molecule is CCCn1c(C)c(CCCN)c2cc3c(cc21)CNC3. The van der Waals surface area contributed by atoms with Gasteiger partial charge in [0.1, 0.15) is 0 Å². The molecule has 2 heterocycles. The molecule has 0 saturated carbocycles. The van der Waals surface area contributed by atoms with Gasteiger partial charge in [-0.3, -0.25) is 0 Å². The van der Waals surface area contributed by atoms with Crippen LogP contribution in [0.5, 0.6) is 0 Å². The van der Waals surface area contributed by atoms with Gasteiger partial charge in [0.15, 0.2) is 0 Å². The van der Waals surface area contributed by atoms with Crippen molar-refractivity contribution < 1.29 is 0 Å². The summed E-state index contributed by atoms with van der Waals surface area (Å²) in [7, 11) is 0. The molecule has 0 atom stereocenters. The topological polar surface area (TPSA) is 43.0 Å². The molecule has 3 nitrogen and oxygen atoms in total. The maximum Gasteiger partial charge on any atom is 0.0488 e. The summed E-state index contributed by atoms with van der Waals surface area (Å²) < 4.78 is 2.50. The summed E-state index contributed by atoms with van der Waals surface area (Å²) in [5, 5.41) is 4.90. The number of benzene rings is 1. The first-order valence-corrected chi connectivity index (χ1v) is 7.80. The van der Waals surface area contributed by atoms with Crippen LogP contribution in [0.25, 0.3) is 10.9 Å². The van der Waals surface area contributed by atoms with Crippen LogP contribution < -0.4 is 11.1 Å². The molecule has 1 aliphatic heterocycles. The zero-order valence-corrected chi connectivity index (χ0v) is 12.6. The number of nitrogens with zero attached hydrogens (tertiary/aromatic N) is 1. The van der Waals surface area contributed by atoms with Gasteiger partial charge in [-0.15, -0.1) is 0 Å². The first-order chi connectivity index (χ1) is 9.76. The Morgan fingerprint density at radius 2 is 2.00 bits per heavy atom. The summed E-state index contributed by atoms with van der Waals surface area (Å²) in [6.07, 6.45) is 3.35. The standard InChI is InChI=1S/C17H25N3/c1-3-7-20-12(2)15(5-4-6-18)16-8-13-10-19-11-14(13)9-17(16)20/h8-9,19H,3-7,10-11,18H2,1-2H3. The van der Waals surface area contributed by atoms with Crippen molar-refractivity contribution >= 4 is 10.9 Å². The van der Waals surface area contributed by atoms with Gasteiger partial charge in [0.2, 0.25) is 0 Å². The van der Waals surface area contributed by atoms with E-state index in [9.17, 15) is 0 Å². The Hall–Kier alpha value is -1.32. The molecule has 0 fully saturated rings. The molecule has 0 spiro atoms. The van der Waals surface area contributed by atoms with E-state index >= 15 is 0 Å². The van der Waals surface area contributed by atoms with E-state index in [4.69, 9.17) is 5.73 Å². The van der Waals surface area contributed by atoms with E-state index in [-0.39, 0.29) is 0 Å². The predicted octanol–water partition coefficient (Wildman–Crippen LogP) is 2.85. The summed E-state index contributed by atoms with van der Waals surface area (Å²) in [4.78, 5) is 0. The van der Waals surface area contributed by atoms with E-state index in [1.165, 1.54) is 39.7 Å². The Morgan fingerprint density at radius 3 is 2.70 bits per heavy atom. The molecule has 0 amide bonds. The quantitative estimate of drug-likeness (QED) is 0.878. The lowest BCUT2D eigenvalue weighted by atomic mass is 10.0. The lowest BCUT2D eigenvalue weighted by Crippen LogP contribution is -2.03. The summed E-state index contributed by atoms with van der Waals surface area (Å²) in [5.41, 5.74) is 13.0. The molecule has 0 unspecified atom stereocenters. The maximum atomic E-state index is 5.71. The highest BCUT2D eigenvalue weighted by Gasteiger charge is 2.18. The molecule has 1 aliphatic rings. The fourth-order valence-electron chi connectivity index (χ4n) is 3.45. The molecule has 3 N–H and O–H groups in total. The van der Waals surface area contributed by atoms with E-state index in [0.29, 0.717) is 0 Å². The lowest BCUT2D eigenvalue weighted by Gasteiger charge is -2.07. The van der Waals surface area contributed by atoms with E-state index < -0.39 is 0 Å². The summed E-state index contributed by atoms with van der Waals surface area (Å²) >= 11 is 0. The monoisotopic (exact) mass is 271 g/mol. The number of aromatic nitrogens is 1. The summed E-state index contributed by atoms with van der Waals surface area (Å²) in [5.74, 6) is 0. The Balaban J connectivity index is 2.18. The van der Waals surface area contributed by atoms with E-state index in [1.807, 2.05) is 0 Å². The van der Waals surface area contributed by atoms with Crippen LogP contribution in [-0.2, 0) is 26.1 Å². The molecular weight excluding hydrogens is 246 g/mol. The van der Waals surface area contributed by atoms with Crippen LogP contribution in [0, 0.1) is 6.92 Å². The van der Waals surface area contributed by atoms with Crippen molar-refractivity contribution in [2.45, 2.75) is 52.7 Å². The molecule has 0 aliphatic carbocycles. The third kappa shape index (κ3) is 2.15. The number of nitrogens with two attached hydrogens (primary N) is 1. The first-order valence-electron chi connectivity index (χ1n) is 7.80. The van der Waals surface area contributed by atoms with Crippen LogP contribution >= 0.6 is 0 Å². The van der Waals surface area contributed by atoms with Gasteiger partial charge in [-0.1, -0.05) is 6.92 Å². The first kappa shape index (κ1) is 13.7. The number of nitrogens with one attached hydrogen (secondary N) is 1. The van der Waals surface area contributed by atoms with E-state index in [0.717, 1.165) is 39.0 Å². The molecule has 3 rings (SSSR count). The molecule has 2 aromatic rings. The largest absolute Gasteiger partial charge is 0.345 e. The molecule has 0 bridgehead atoms. The molecule has 0 radical (unpaired) electrons. The second kappa shape index (κ2) is 5.58. The average Bonchev–Trinajstić information content (AvgIpc) is 2.99. The second-order valence-electron chi connectivity index (χ2n) is 5.85. The minimum atomic E-state index is 0.770. The molecular formula is C17H25N3. The van der Waals surface area contributed by atoms with E-state index in [1.54, 1.807) is 0 Å². The number of fused-ring (bicyclic) bond motifs is 2. The lowest BCUT2D eigenvalue weighted by molar-refractivity contribution is 0.679. The van der Waals surface area contributed by atoms with Crippen molar-refractivity contribution in [3.05, 3.63) is 34.5 Å². The molecule has 3 heteroatoms. The molecule has 1 aromatic carbocycles. The normalized spacial score (nSPS) is 14.2. The van der Waals surface area contributed by atoms with Crippen molar-refractivity contribution in [1.82, 2.24) is 9.88 Å². The Morgan fingerprint density at radius 1 is 1.25 bits per heavy atom. The highest BCUT2D eigenvalue weighted by molar-refractivity contribution is 5.87. The third-order valence-corrected chi connectivity index (χ3v) is 4.48. The Labute approximate surface area is 121 Å². The molecule has 0 saturated heterocycles. The zero-order chi connectivity index (χ0) is 14.1. The fourth-order valence-corrected chi connectivity index (χ4v) is 3.45. The minimum Gasteiger partial charge on any atom is -0.345 e. The van der Waals surface area contributed by atoms with Gasteiger partial charge < -0.3 is 15.6 Å². The maximum absolute atomic E-state index is 5.71. The number of aryl methyl sites for hydroxylation is 2. The van der Waals surface area contributed by atoms with Crippen LogP contribution in [0.2, 0.25) is 0 Å².